The van der Waals surface area contributed by atoms with Crippen molar-refractivity contribution in [3.63, 3.8) is 0 Å². The highest BCUT2D eigenvalue weighted by atomic mass is 79.9. The van der Waals surface area contributed by atoms with Gasteiger partial charge in [0.05, 0.1) is 12.0 Å². The van der Waals surface area contributed by atoms with Gasteiger partial charge in [0, 0.05) is 25.3 Å². The molecule has 7 nitrogen and oxygen atoms in total. The lowest BCUT2D eigenvalue weighted by Gasteiger charge is -2.10. The Bertz CT molecular complexity index is 1020. The van der Waals surface area contributed by atoms with Crippen molar-refractivity contribution in [2.75, 3.05) is 27.1 Å². The molecule has 1 aliphatic rings. The molecule has 3 aromatic rings. The van der Waals surface area contributed by atoms with Crippen molar-refractivity contribution in [3.05, 3.63) is 52.2 Å². The predicted molar refractivity (Wildman–Crippen MR) is 105 cm³/mol. The number of furan rings is 1. The molecule has 1 N–H and O–H groups in total. The first-order valence-electron chi connectivity index (χ1n) is 8.65. The SMILES string of the molecule is COCCOc1cc(C(=O)NCc2ccc3c(c2)OCO3)cc2oc(Br)cc12. The fourth-order valence-corrected chi connectivity index (χ4v) is 3.30. The van der Waals surface area contributed by atoms with Crippen LogP contribution in [0.25, 0.3) is 11.0 Å². The van der Waals surface area contributed by atoms with E-state index in [1.54, 1.807) is 19.2 Å². The summed E-state index contributed by atoms with van der Waals surface area (Å²) in [6, 6.07) is 10.8. The van der Waals surface area contributed by atoms with Crippen LogP contribution in [0.15, 0.2) is 45.5 Å². The molecule has 2 aromatic carbocycles. The smallest absolute Gasteiger partial charge is 0.251 e. The average molecular weight is 448 g/mol. The van der Waals surface area contributed by atoms with Crippen LogP contribution < -0.4 is 19.5 Å². The maximum atomic E-state index is 12.7. The van der Waals surface area contributed by atoms with E-state index in [4.69, 9.17) is 23.4 Å². The number of hydrogen-bond acceptors (Lipinski definition) is 6. The number of nitrogens with one attached hydrogen (secondary N) is 1. The third-order valence-electron chi connectivity index (χ3n) is 4.27. The Hall–Kier alpha value is -2.71. The minimum Gasteiger partial charge on any atom is -0.490 e. The Labute approximate surface area is 169 Å². The summed E-state index contributed by atoms with van der Waals surface area (Å²) in [7, 11) is 1.60. The van der Waals surface area contributed by atoms with E-state index in [0.29, 0.717) is 52.8 Å². The zero-order valence-electron chi connectivity index (χ0n) is 15.1. The number of amides is 1. The van der Waals surface area contributed by atoms with Gasteiger partial charge in [-0.2, -0.15) is 0 Å². The standard InChI is InChI=1S/C20H18BrNO6/c1-24-4-5-25-16-7-13(8-17-14(16)9-19(21)28-17)20(23)22-10-12-2-3-15-18(6-12)27-11-26-15/h2-3,6-9H,4-5,10-11H2,1H3,(H,22,23). The molecule has 2 heterocycles. The predicted octanol–water partition coefficient (Wildman–Crippen LogP) is 3.88. The second kappa shape index (κ2) is 8.12. The fourth-order valence-electron chi connectivity index (χ4n) is 2.90. The zero-order valence-corrected chi connectivity index (χ0v) is 16.7. The zero-order chi connectivity index (χ0) is 19.5. The Morgan fingerprint density at radius 2 is 2.00 bits per heavy atom. The molecule has 28 heavy (non-hydrogen) atoms. The lowest BCUT2D eigenvalue weighted by atomic mass is 10.1. The molecule has 0 bridgehead atoms. The van der Waals surface area contributed by atoms with Gasteiger partial charge in [-0.25, -0.2) is 0 Å². The maximum Gasteiger partial charge on any atom is 0.251 e. The van der Waals surface area contributed by atoms with Gasteiger partial charge in [-0.15, -0.1) is 0 Å². The van der Waals surface area contributed by atoms with Crippen LogP contribution in [0.4, 0.5) is 0 Å². The van der Waals surface area contributed by atoms with E-state index in [-0.39, 0.29) is 12.7 Å². The quantitative estimate of drug-likeness (QED) is 0.553. The number of fused-ring (bicyclic) bond motifs is 2. The second-order valence-corrected chi connectivity index (χ2v) is 6.93. The number of ether oxygens (including phenoxy) is 4. The first-order chi connectivity index (χ1) is 13.6. The van der Waals surface area contributed by atoms with E-state index in [0.717, 1.165) is 10.9 Å². The molecular weight excluding hydrogens is 430 g/mol. The molecule has 4 rings (SSSR count). The number of carbonyl (C=O) groups is 1. The van der Waals surface area contributed by atoms with Crippen molar-refractivity contribution in [2.24, 2.45) is 0 Å². The van der Waals surface area contributed by atoms with Crippen molar-refractivity contribution < 1.29 is 28.2 Å². The highest BCUT2D eigenvalue weighted by Crippen LogP contribution is 2.34. The van der Waals surface area contributed by atoms with Gasteiger partial charge in [-0.3, -0.25) is 4.79 Å². The van der Waals surface area contributed by atoms with Crippen LogP contribution in [0.1, 0.15) is 15.9 Å². The van der Waals surface area contributed by atoms with Gasteiger partial charge in [-0.1, -0.05) is 6.07 Å². The van der Waals surface area contributed by atoms with Crippen molar-refractivity contribution >= 4 is 32.8 Å². The number of benzene rings is 2. The van der Waals surface area contributed by atoms with Crippen LogP contribution in [-0.4, -0.2) is 33.0 Å². The first-order valence-corrected chi connectivity index (χ1v) is 9.45. The van der Waals surface area contributed by atoms with Gasteiger partial charge in [-0.05, 0) is 45.8 Å². The molecular formula is C20H18BrNO6. The molecule has 1 amide bonds. The largest absolute Gasteiger partial charge is 0.490 e. The van der Waals surface area contributed by atoms with Gasteiger partial charge in [0.25, 0.3) is 5.91 Å². The van der Waals surface area contributed by atoms with Crippen LogP contribution in [-0.2, 0) is 11.3 Å². The molecule has 146 valence electrons. The summed E-state index contributed by atoms with van der Waals surface area (Å²) in [6.07, 6.45) is 0. The summed E-state index contributed by atoms with van der Waals surface area (Å²) >= 11 is 3.32. The second-order valence-electron chi connectivity index (χ2n) is 6.15. The fraction of sp³-hybridized carbons (Fsp3) is 0.250. The minimum absolute atomic E-state index is 0.218. The van der Waals surface area contributed by atoms with Crippen molar-refractivity contribution in [1.29, 1.82) is 0 Å². The molecule has 0 saturated carbocycles. The molecule has 0 aliphatic carbocycles. The van der Waals surface area contributed by atoms with Crippen LogP contribution in [0.2, 0.25) is 0 Å². The normalized spacial score (nSPS) is 12.4. The number of carbonyl (C=O) groups excluding carboxylic acids is 1. The Kier molecular flexibility index (Phi) is 5.40. The molecule has 1 aromatic heterocycles. The van der Waals surface area contributed by atoms with E-state index < -0.39 is 0 Å². The van der Waals surface area contributed by atoms with Crippen LogP contribution in [0.5, 0.6) is 17.2 Å². The van der Waals surface area contributed by atoms with E-state index in [1.807, 2.05) is 24.3 Å². The molecule has 0 radical (unpaired) electrons. The highest BCUT2D eigenvalue weighted by Gasteiger charge is 2.16. The maximum absolute atomic E-state index is 12.7. The lowest BCUT2D eigenvalue weighted by molar-refractivity contribution is 0.0950. The summed E-state index contributed by atoms with van der Waals surface area (Å²) in [6.45, 7) is 1.39. The van der Waals surface area contributed by atoms with Gasteiger partial charge >= 0.3 is 0 Å². The van der Waals surface area contributed by atoms with E-state index in [9.17, 15) is 4.79 Å². The monoisotopic (exact) mass is 447 g/mol. The molecule has 0 fully saturated rings. The Morgan fingerprint density at radius 1 is 1.14 bits per heavy atom. The van der Waals surface area contributed by atoms with Gasteiger partial charge in [0.2, 0.25) is 6.79 Å². The van der Waals surface area contributed by atoms with Crippen LogP contribution in [0, 0.1) is 0 Å². The minimum atomic E-state index is -0.233. The average Bonchev–Trinajstić information content (AvgIpc) is 3.31. The van der Waals surface area contributed by atoms with Crippen molar-refractivity contribution in [2.45, 2.75) is 6.54 Å². The van der Waals surface area contributed by atoms with Gasteiger partial charge < -0.3 is 28.7 Å². The molecule has 1 aliphatic heterocycles. The summed E-state index contributed by atoms with van der Waals surface area (Å²) < 4.78 is 27.6. The van der Waals surface area contributed by atoms with Crippen LogP contribution >= 0.6 is 15.9 Å². The third-order valence-corrected chi connectivity index (χ3v) is 4.66. The Morgan fingerprint density at radius 3 is 2.86 bits per heavy atom. The Balaban J connectivity index is 1.51. The van der Waals surface area contributed by atoms with Crippen molar-refractivity contribution in [3.8, 4) is 17.2 Å². The molecule has 8 heteroatoms. The lowest BCUT2D eigenvalue weighted by Crippen LogP contribution is -2.22. The topological polar surface area (TPSA) is 79.2 Å². The number of methoxy groups -OCH3 is 1. The molecule has 0 spiro atoms. The van der Waals surface area contributed by atoms with E-state index in [1.165, 1.54) is 0 Å². The third kappa shape index (κ3) is 3.93. The number of rotatable bonds is 7. The molecule has 0 atom stereocenters. The van der Waals surface area contributed by atoms with E-state index in [2.05, 4.69) is 21.2 Å². The number of hydrogen-bond donors (Lipinski definition) is 1. The number of halogens is 1. The highest BCUT2D eigenvalue weighted by molar-refractivity contribution is 9.10. The molecule has 0 unspecified atom stereocenters. The summed E-state index contributed by atoms with van der Waals surface area (Å²) in [4.78, 5) is 12.7. The van der Waals surface area contributed by atoms with E-state index >= 15 is 0 Å². The van der Waals surface area contributed by atoms with Gasteiger partial charge in [0.1, 0.15) is 17.9 Å². The first kappa shape index (κ1) is 18.6. The van der Waals surface area contributed by atoms with Crippen LogP contribution in [0.3, 0.4) is 0 Å². The summed E-state index contributed by atoms with van der Waals surface area (Å²) in [5, 5.41) is 3.69. The van der Waals surface area contributed by atoms with Crippen molar-refractivity contribution in [1.82, 2.24) is 5.32 Å². The molecule has 0 saturated heterocycles. The van der Waals surface area contributed by atoms with Gasteiger partial charge in [0.15, 0.2) is 16.2 Å². The summed E-state index contributed by atoms with van der Waals surface area (Å²) in [5.74, 6) is 1.73. The summed E-state index contributed by atoms with van der Waals surface area (Å²) in [5.41, 5.74) is 1.92.